The molecule has 3 rings (SSSR count). The summed E-state index contributed by atoms with van der Waals surface area (Å²) < 4.78 is 17.0. The summed E-state index contributed by atoms with van der Waals surface area (Å²) in [6, 6.07) is 8.28. The third kappa shape index (κ3) is 5.71. The van der Waals surface area contributed by atoms with Gasteiger partial charge < -0.3 is 19.5 Å². The number of benzene rings is 1. The monoisotopic (exact) mass is 491 g/mol. The van der Waals surface area contributed by atoms with Gasteiger partial charge in [-0.3, -0.25) is 4.79 Å². The van der Waals surface area contributed by atoms with Gasteiger partial charge in [0.15, 0.2) is 6.73 Å². The summed E-state index contributed by atoms with van der Waals surface area (Å²) >= 11 is 6.82. The van der Waals surface area contributed by atoms with Gasteiger partial charge in [0.25, 0.3) is 5.91 Å². The fraction of sp³-hybridized carbons (Fsp3) is 0.273. The molecular weight excluding hydrogens is 470 g/mol. The first kappa shape index (κ1) is 24.3. The van der Waals surface area contributed by atoms with Crippen LogP contribution in [0.1, 0.15) is 49.4 Å². The lowest BCUT2D eigenvalue weighted by molar-refractivity contribution is 0.0506. The molecule has 0 radical (unpaired) electrons. The van der Waals surface area contributed by atoms with E-state index in [9.17, 15) is 14.4 Å². The normalized spacial score (nSPS) is 10.5. The highest BCUT2D eigenvalue weighted by Crippen LogP contribution is 2.34. The smallest absolute Gasteiger partial charge is 0.348 e. The molecule has 0 aliphatic rings. The van der Waals surface area contributed by atoms with Gasteiger partial charge in [-0.25, -0.2) is 14.3 Å². The molecule has 0 saturated heterocycles. The van der Waals surface area contributed by atoms with Crippen LogP contribution in [0.15, 0.2) is 36.5 Å². The van der Waals surface area contributed by atoms with Gasteiger partial charge in [-0.15, -0.1) is 11.3 Å². The highest BCUT2D eigenvalue weighted by molar-refractivity contribution is 7.18. The minimum atomic E-state index is -0.629. The molecule has 0 atom stereocenters. The van der Waals surface area contributed by atoms with Gasteiger partial charge in [-0.2, -0.15) is 5.10 Å². The minimum absolute atomic E-state index is 0.0281. The second-order valence-corrected chi connectivity index (χ2v) is 8.24. The van der Waals surface area contributed by atoms with E-state index in [-0.39, 0.29) is 34.5 Å². The fourth-order valence-electron chi connectivity index (χ4n) is 2.86. The molecule has 0 unspecified atom stereocenters. The van der Waals surface area contributed by atoms with Crippen molar-refractivity contribution in [1.29, 1.82) is 0 Å². The number of esters is 2. The van der Waals surface area contributed by atoms with E-state index in [4.69, 9.17) is 25.8 Å². The first-order valence-corrected chi connectivity index (χ1v) is 11.2. The summed E-state index contributed by atoms with van der Waals surface area (Å²) in [4.78, 5) is 38.0. The average molecular weight is 492 g/mol. The van der Waals surface area contributed by atoms with E-state index in [1.807, 2.05) is 6.92 Å². The molecule has 0 spiro atoms. The van der Waals surface area contributed by atoms with Crippen molar-refractivity contribution in [2.75, 3.05) is 19.0 Å². The van der Waals surface area contributed by atoms with Crippen molar-refractivity contribution in [3.63, 3.8) is 0 Å². The van der Waals surface area contributed by atoms with Crippen molar-refractivity contribution >= 4 is 45.8 Å². The Balaban J connectivity index is 1.82. The van der Waals surface area contributed by atoms with Crippen LogP contribution < -0.4 is 10.1 Å². The molecule has 11 heteroatoms. The Morgan fingerprint density at radius 2 is 1.88 bits per heavy atom. The van der Waals surface area contributed by atoms with Crippen molar-refractivity contribution < 1.29 is 28.6 Å². The van der Waals surface area contributed by atoms with Gasteiger partial charge in [0.2, 0.25) is 0 Å². The Bertz CT molecular complexity index is 1160. The summed E-state index contributed by atoms with van der Waals surface area (Å²) in [7, 11) is 1.24. The number of nitrogens with one attached hydrogen (secondary N) is 1. The Morgan fingerprint density at radius 1 is 1.15 bits per heavy atom. The number of hydrogen-bond acceptors (Lipinski definition) is 8. The SMILES string of the molecule is CCCOC(=O)c1c(NC(=O)c2ccnn2COc2ccc(Cl)cc2)sc(C(=O)OC)c1C. The molecule has 0 aliphatic carbocycles. The van der Waals surface area contributed by atoms with E-state index < -0.39 is 17.8 Å². The van der Waals surface area contributed by atoms with Crippen molar-refractivity contribution in [2.24, 2.45) is 0 Å². The van der Waals surface area contributed by atoms with Crippen molar-refractivity contribution in [3.05, 3.63) is 63.2 Å². The number of methoxy groups -OCH3 is 1. The Hall–Kier alpha value is -3.37. The molecule has 2 heterocycles. The Kier molecular flexibility index (Phi) is 8.07. The van der Waals surface area contributed by atoms with E-state index in [1.54, 1.807) is 31.2 Å². The minimum Gasteiger partial charge on any atom is -0.471 e. The number of hydrogen-bond donors (Lipinski definition) is 1. The second-order valence-electron chi connectivity index (χ2n) is 6.79. The fourth-order valence-corrected chi connectivity index (χ4v) is 4.10. The molecule has 174 valence electrons. The number of carbonyl (C=O) groups is 3. The number of thiophene rings is 1. The first-order chi connectivity index (χ1) is 15.8. The molecule has 1 N–H and O–H groups in total. The zero-order valence-electron chi connectivity index (χ0n) is 18.2. The standard InChI is InChI=1S/C22H22ClN3O6S/c1-4-11-31-21(28)17-13(2)18(22(29)30-3)33-20(17)25-19(27)16-9-10-24-26(16)12-32-15-7-5-14(23)6-8-15/h5-10H,4,11-12H2,1-3H3,(H,25,27). The maximum absolute atomic E-state index is 13.0. The van der Waals surface area contributed by atoms with Gasteiger partial charge in [-0.1, -0.05) is 18.5 Å². The van der Waals surface area contributed by atoms with Crippen LogP contribution in [0.3, 0.4) is 0 Å². The van der Waals surface area contributed by atoms with Crippen LogP contribution in [0.4, 0.5) is 5.00 Å². The molecule has 3 aromatic rings. The van der Waals surface area contributed by atoms with Gasteiger partial charge in [0, 0.05) is 11.2 Å². The van der Waals surface area contributed by atoms with Crippen LogP contribution in [0.2, 0.25) is 5.02 Å². The second kappa shape index (κ2) is 11.0. The highest BCUT2D eigenvalue weighted by atomic mass is 35.5. The Morgan fingerprint density at radius 3 is 2.55 bits per heavy atom. The van der Waals surface area contributed by atoms with Crippen molar-refractivity contribution in [3.8, 4) is 5.75 Å². The number of nitrogens with zero attached hydrogens (tertiary/aromatic N) is 2. The summed E-state index contributed by atoms with van der Waals surface area (Å²) in [6.45, 7) is 3.65. The molecule has 1 amide bonds. The molecule has 9 nitrogen and oxygen atoms in total. The molecule has 33 heavy (non-hydrogen) atoms. The maximum Gasteiger partial charge on any atom is 0.348 e. The number of aromatic nitrogens is 2. The van der Waals surface area contributed by atoms with E-state index >= 15 is 0 Å². The summed E-state index contributed by atoms with van der Waals surface area (Å²) in [6.07, 6.45) is 2.09. The third-order valence-electron chi connectivity index (χ3n) is 4.50. The van der Waals surface area contributed by atoms with E-state index in [0.717, 1.165) is 11.3 Å². The molecule has 2 aromatic heterocycles. The van der Waals surface area contributed by atoms with Gasteiger partial charge in [0.1, 0.15) is 21.3 Å². The van der Waals surface area contributed by atoms with E-state index in [2.05, 4.69) is 10.4 Å². The zero-order chi connectivity index (χ0) is 24.0. The number of amides is 1. The number of rotatable bonds is 9. The molecular formula is C22H22ClN3O6S. The number of ether oxygens (including phenoxy) is 3. The van der Waals surface area contributed by atoms with Crippen LogP contribution in [-0.4, -0.2) is 41.3 Å². The van der Waals surface area contributed by atoms with Crippen LogP contribution in [0.25, 0.3) is 0 Å². The average Bonchev–Trinajstić information content (AvgIpc) is 3.41. The number of anilines is 1. The molecule has 1 aromatic carbocycles. The summed E-state index contributed by atoms with van der Waals surface area (Å²) in [5.41, 5.74) is 0.691. The molecule has 0 aliphatic heterocycles. The zero-order valence-corrected chi connectivity index (χ0v) is 19.8. The topological polar surface area (TPSA) is 109 Å². The lowest BCUT2D eigenvalue weighted by atomic mass is 10.1. The predicted molar refractivity (Wildman–Crippen MR) is 123 cm³/mol. The third-order valence-corrected chi connectivity index (χ3v) is 5.94. The highest BCUT2D eigenvalue weighted by Gasteiger charge is 2.28. The Labute approximate surface area is 199 Å². The van der Waals surface area contributed by atoms with Crippen molar-refractivity contribution in [2.45, 2.75) is 27.0 Å². The van der Waals surface area contributed by atoms with E-state index in [1.165, 1.54) is 24.1 Å². The number of carbonyl (C=O) groups excluding carboxylic acids is 3. The summed E-state index contributed by atoms with van der Waals surface area (Å²) in [5.74, 6) is -1.21. The molecule has 0 bridgehead atoms. The first-order valence-electron chi connectivity index (χ1n) is 9.96. The van der Waals surface area contributed by atoms with Gasteiger partial charge in [0.05, 0.1) is 19.3 Å². The van der Waals surface area contributed by atoms with Crippen LogP contribution in [0, 0.1) is 6.92 Å². The maximum atomic E-state index is 13.0. The van der Waals surface area contributed by atoms with Gasteiger partial charge >= 0.3 is 11.9 Å². The molecule has 0 fully saturated rings. The van der Waals surface area contributed by atoms with E-state index in [0.29, 0.717) is 22.8 Å². The van der Waals surface area contributed by atoms with Crippen LogP contribution >= 0.6 is 22.9 Å². The van der Waals surface area contributed by atoms with Crippen molar-refractivity contribution in [1.82, 2.24) is 9.78 Å². The lowest BCUT2D eigenvalue weighted by Crippen LogP contribution is -2.20. The lowest BCUT2D eigenvalue weighted by Gasteiger charge is -2.11. The quantitative estimate of drug-likeness (QED) is 0.437. The largest absolute Gasteiger partial charge is 0.471 e. The molecule has 0 saturated carbocycles. The summed E-state index contributed by atoms with van der Waals surface area (Å²) in [5, 5.41) is 7.57. The number of halogens is 1. The van der Waals surface area contributed by atoms with Gasteiger partial charge in [-0.05, 0) is 49.2 Å². The van der Waals surface area contributed by atoms with Crippen LogP contribution in [-0.2, 0) is 16.2 Å². The van der Waals surface area contributed by atoms with Crippen LogP contribution in [0.5, 0.6) is 5.75 Å². The predicted octanol–water partition coefficient (Wildman–Crippen LogP) is 4.55.